The Morgan fingerprint density at radius 3 is 2.33 bits per heavy atom. The molecule has 6 heteroatoms. The maximum atomic E-state index is 13.3. The number of nitrogens with zero attached hydrogens (tertiary/aromatic N) is 1. The molecule has 27 heavy (non-hydrogen) atoms. The summed E-state index contributed by atoms with van der Waals surface area (Å²) in [5, 5.41) is 0.128. The van der Waals surface area contributed by atoms with Crippen molar-refractivity contribution in [3.05, 3.63) is 11.1 Å². The van der Waals surface area contributed by atoms with Crippen LogP contribution in [0.25, 0.3) is 0 Å². The van der Waals surface area contributed by atoms with Crippen molar-refractivity contribution in [1.29, 1.82) is 0 Å². The minimum absolute atomic E-state index is 0. The van der Waals surface area contributed by atoms with E-state index in [0.717, 1.165) is 49.0 Å². The number of halogens is 1. The summed E-state index contributed by atoms with van der Waals surface area (Å²) in [6.45, 7) is 8.42. The Hall–Kier alpha value is -0.370. The highest BCUT2D eigenvalue weighted by Crippen LogP contribution is 2.49. The van der Waals surface area contributed by atoms with Crippen LogP contribution in [0.2, 0.25) is 0 Å². The molecule has 0 bridgehead atoms. The van der Waals surface area contributed by atoms with E-state index in [1.54, 1.807) is 0 Å². The van der Waals surface area contributed by atoms with Gasteiger partial charge in [-0.25, -0.2) is 4.58 Å². The molecular formula is C21H34INO3S. The molecule has 2 atom stereocenters. The van der Waals surface area contributed by atoms with E-state index >= 15 is 0 Å². The molecule has 4 nitrogen and oxygen atoms in total. The summed E-state index contributed by atoms with van der Waals surface area (Å²) in [6, 6.07) is 0.0421. The fraction of sp³-hybridized carbons (Fsp3) is 0.762. The standard InChI is InChI=1S/C21H34NO3S.HI/c1-6-16-18(19(23)26-9-4)17(7-2)22(5)14-21(16,20(24)25-8-3)15-12-10-11-13-15;/h14-15,17H,6-13H2,1-5H3;1H/q+1;/p-1. The molecule has 0 spiro atoms. The van der Waals surface area contributed by atoms with E-state index in [0.29, 0.717) is 13.0 Å². The number of rotatable bonds is 7. The molecule has 2 rings (SSSR count). The monoisotopic (exact) mass is 507 g/mol. The van der Waals surface area contributed by atoms with Crippen LogP contribution in [0, 0.1) is 11.3 Å². The second kappa shape index (κ2) is 11.0. The van der Waals surface area contributed by atoms with Crippen molar-refractivity contribution in [3.8, 4) is 0 Å². The minimum Gasteiger partial charge on any atom is -1.00 e. The Morgan fingerprint density at radius 1 is 1.22 bits per heavy atom. The summed E-state index contributed by atoms with van der Waals surface area (Å²) in [7, 11) is 2.01. The van der Waals surface area contributed by atoms with Gasteiger partial charge in [-0.3, -0.25) is 9.59 Å². The Balaban J connectivity index is 0.00000364. The first kappa shape index (κ1) is 24.7. The van der Waals surface area contributed by atoms with Crippen LogP contribution in [-0.2, 0) is 14.3 Å². The van der Waals surface area contributed by atoms with Crippen LogP contribution >= 0.6 is 11.8 Å². The highest BCUT2D eigenvalue weighted by Gasteiger charge is 2.56. The van der Waals surface area contributed by atoms with E-state index in [2.05, 4.69) is 24.6 Å². The summed E-state index contributed by atoms with van der Waals surface area (Å²) in [6.07, 6.45) is 7.99. The molecule has 0 aromatic carbocycles. The van der Waals surface area contributed by atoms with E-state index in [-0.39, 0.29) is 47.0 Å². The maximum absolute atomic E-state index is 13.3. The number of likely N-dealkylation sites (N-methyl/N-ethyl adjacent to an activating group) is 1. The average molecular weight is 507 g/mol. The van der Waals surface area contributed by atoms with Crippen molar-refractivity contribution >= 4 is 29.1 Å². The largest absolute Gasteiger partial charge is 1.00 e. The van der Waals surface area contributed by atoms with E-state index < -0.39 is 5.41 Å². The molecule has 1 aliphatic carbocycles. The molecule has 0 aromatic heterocycles. The van der Waals surface area contributed by atoms with Gasteiger partial charge < -0.3 is 28.7 Å². The molecule has 1 saturated carbocycles. The number of carbonyl (C=O) groups excluding carboxylic acids is 2. The van der Waals surface area contributed by atoms with Gasteiger partial charge in [0.05, 0.1) is 12.2 Å². The molecule has 2 unspecified atom stereocenters. The first-order valence-electron chi connectivity index (χ1n) is 10.1. The first-order valence-corrected chi connectivity index (χ1v) is 11.1. The number of thioether (sulfide) groups is 1. The van der Waals surface area contributed by atoms with Crippen LogP contribution in [0.4, 0.5) is 0 Å². The molecule has 0 saturated heterocycles. The fourth-order valence-electron chi connectivity index (χ4n) is 4.89. The predicted molar refractivity (Wildman–Crippen MR) is 108 cm³/mol. The normalized spacial score (nSPS) is 25.8. The summed E-state index contributed by atoms with van der Waals surface area (Å²) in [5.74, 6) is 0.807. The quantitative estimate of drug-likeness (QED) is 0.296. The van der Waals surface area contributed by atoms with Crippen molar-refractivity contribution in [1.82, 2.24) is 0 Å². The van der Waals surface area contributed by atoms with Crippen molar-refractivity contribution in [2.45, 2.75) is 72.3 Å². The highest BCUT2D eigenvalue weighted by molar-refractivity contribution is 8.14. The molecule has 0 amide bonds. The van der Waals surface area contributed by atoms with Crippen molar-refractivity contribution in [3.63, 3.8) is 0 Å². The van der Waals surface area contributed by atoms with Gasteiger partial charge in [0.25, 0.3) is 0 Å². The summed E-state index contributed by atoms with van der Waals surface area (Å²) in [5.41, 5.74) is 1.09. The van der Waals surface area contributed by atoms with Gasteiger partial charge in [-0.15, -0.1) is 0 Å². The number of carbonyl (C=O) groups is 2. The van der Waals surface area contributed by atoms with Gasteiger partial charge >= 0.3 is 5.97 Å². The van der Waals surface area contributed by atoms with Crippen LogP contribution < -0.4 is 24.0 Å². The van der Waals surface area contributed by atoms with Gasteiger partial charge in [0, 0.05) is 6.42 Å². The van der Waals surface area contributed by atoms with Crippen molar-refractivity contribution in [2.75, 3.05) is 19.4 Å². The highest BCUT2D eigenvalue weighted by atomic mass is 127. The summed E-state index contributed by atoms with van der Waals surface area (Å²) >= 11 is 1.36. The Bertz CT molecular complexity index is 611. The number of hydrogen-bond acceptors (Lipinski definition) is 4. The Labute approximate surface area is 185 Å². The number of esters is 1. The van der Waals surface area contributed by atoms with E-state index in [4.69, 9.17) is 4.74 Å². The third kappa shape index (κ3) is 4.62. The molecule has 0 radical (unpaired) electrons. The van der Waals surface area contributed by atoms with Crippen LogP contribution in [0.15, 0.2) is 11.1 Å². The van der Waals surface area contributed by atoms with Crippen molar-refractivity contribution < 1.29 is 42.9 Å². The zero-order chi connectivity index (χ0) is 19.3. The summed E-state index contributed by atoms with van der Waals surface area (Å²) in [4.78, 5) is 26.4. The van der Waals surface area contributed by atoms with Gasteiger partial charge in [0.15, 0.2) is 17.7 Å². The van der Waals surface area contributed by atoms with Crippen LogP contribution in [0.5, 0.6) is 0 Å². The Kier molecular flexibility index (Phi) is 10.0. The minimum atomic E-state index is -0.777. The molecule has 1 aliphatic heterocycles. The molecule has 2 aliphatic rings. The van der Waals surface area contributed by atoms with Crippen molar-refractivity contribution in [2.24, 2.45) is 11.3 Å². The van der Waals surface area contributed by atoms with Crippen LogP contribution in [-0.4, -0.2) is 47.3 Å². The predicted octanol–water partition coefficient (Wildman–Crippen LogP) is 1.22. The zero-order valence-corrected chi connectivity index (χ0v) is 20.3. The number of ether oxygens (including phenoxy) is 1. The smallest absolute Gasteiger partial charge is 0.326 e. The van der Waals surface area contributed by atoms with Gasteiger partial charge in [0.2, 0.25) is 5.12 Å². The summed E-state index contributed by atoms with van der Waals surface area (Å²) < 4.78 is 7.69. The lowest BCUT2D eigenvalue weighted by Crippen LogP contribution is -3.00. The number of hydrogen-bond donors (Lipinski definition) is 0. The second-order valence-electron chi connectivity index (χ2n) is 7.26. The van der Waals surface area contributed by atoms with Gasteiger partial charge in [-0.2, -0.15) is 0 Å². The molecule has 1 heterocycles. The Morgan fingerprint density at radius 2 is 1.85 bits per heavy atom. The molecular weight excluding hydrogens is 473 g/mol. The topological polar surface area (TPSA) is 46.4 Å². The zero-order valence-electron chi connectivity index (χ0n) is 17.3. The third-order valence-electron chi connectivity index (χ3n) is 5.90. The van der Waals surface area contributed by atoms with E-state index in [1.165, 1.54) is 11.8 Å². The van der Waals surface area contributed by atoms with Gasteiger partial charge in [-0.1, -0.05) is 45.4 Å². The lowest BCUT2D eigenvalue weighted by molar-refractivity contribution is -0.528. The molecule has 154 valence electrons. The third-order valence-corrected chi connectivity index (χ3v) is 6.68. The average Bonchev–Trinajstić information content (AvgIpc) is 3.15. The second-order valence-corrected chi connectivity index (χ2v) is 8.49. The van der Waals surface area contributed by atoms with E-state index in [9.17, 15) is 9.59 Å². The lowest BCUT2D eigenvalue weighted by Gasteiger charge is -2.39. The van der Waals surface area contributed by atoms with Gasteiger partial charge in [-0.05, 0) is 43.4 Å². The molecule has 1 fully saturated rings. The maximum Gasteiger partial charge on any atom is 0.326 e. The lowest BCUT2D eigenvalue weighted by atomic mass is 9.65. The molecule has 0 aromatic rings. The van der Waals surface area contributed by atoms with Crippen LogP contribution in [0.1, 0.15) is 66.2 Å². The molecule has 0 N–H and O–H groups in total. The van der Waals surface area contributed by atoms with Crippen LogP contribution in [0.3, 0.4) is 0 Å². The SMILES string of the molecule is CCOC(=O)C1(C2CCCC2)C=[N+](C)C(CC)C(C(=O)SCC)=C1CC.[I-]. The fourth-order valence-corrected chi connectivity index (χ4v) is 5.56. The first-order chi connectivity index (χ1) is 12.5. The van der Waals surface area contributed by atoms with E-state index in [1.807, 2.05) is 20.9 Å². The van der Waals surface area contributed by atoms with Gasteiger partial charge in [0.1, 0.15) is 7.05 Å².